The predicted molar refractivity (Wildman–Crippen MR) is 105 cm³/mol. The molecule has 2 aliphatic rings. The van der Waals surface area contributed by atoms with Crippen molar-refractivity contribution in [2.45, 2.75) is 39.7 Å². The minimum absolute atomic E-state index is 0.0399. The highest BCUT2D eigenvalue weighted by atomic mass is 16.5. The maximum atomic E-state index is 11.9. The standard InChI is InChI=1S/C19H37N5O2/c1-5-22-11-13-23(14-12-22)16(3)15-21-19(20-4)24-9-7-17(8-10-24)18(25)26-6-2/h16-17H,5-15H2,1-4H3,(H,20,21). The molecule has 0 amide bonds. The molecule has 0 saturated carbocycles. The number of piperazine rings is 1. The fraction of sp³-hybridized carbons (Fsp3) is 0.895. The zero-order valence-corrected chi connectivity index (χ0v) is 17.0. The largest absolute Gasteiger partial charge is 0.466 e. The van der Waals surface area contributed by atoms with Crippen molar-refractivity contribution in [1.82, 2.24) is 20.0 Å². The summed E-state index contributed by atoms with van der Waals surface area (Å²) >= 11 is 0. The van der Waals surface area contributed by atoms with E-state index >= 15 is 0 Å². The van der Waals surface area contributed by atoms with Gasteiger partial charge in [-0.3, -0.25) is 14.7 Å². The van der Waals surface area contributed by atoms with Crippen LogP contribution in [-0.2, 0) is 9.53 Å². The molecule has 7 heteroatoms. The molecule has 1 N–H and O–H groups in total. The Bertz CT molecular complexity index is 455. The second-order valence-electron chi connectivity index (χ2n) is 7.26. The van der Waals surface area contributed by atoms with Crippen LogP contribution in [-0.4, -0.2) is 98.7 Å². The molecule has 0 aliphatic carbocycles. The lowest BCUT2D eigenvalue weighted by molar-refractivity contribution is -0.149. The lowest BCUT2D eigenvalue weighted by Crippen LogP contribution is -2.54. The number of rotatable bonds is 6. The maximum absolute atomic E-state index is 11.9. The van der Waals surface area contributed by atoms with E-state index < -0.39 is 0 Å². The molecule has 1 unspecified atom stereocenters. The first-order valence-corrected chi connectivity index (χ1v) is 10.2. The molecular formula is C19H37N5O2. The number of nitrogens with one attached hydrogen (secondary N) is 1. The quantitative estimate of drug-likeness (QED) is 0.427. The van der Waals surface area contributed by atoms with E-state index in [0.29, 0.717) is 12.6 Å². The SMILES string of the molecule is CCOC(=O)C1CCN(C(=NC)NCC(C)N2CCN(CC)CC2)CC1. The van der Waals surface area contributed by atoms with Gasteiger partial charge in [0.25, 0.3) is 0 Å². The zero-order valence-electron chi connectivity index (χ0n) is 17.0. The van der Waals surface area contributed by atoms with E-state index in [-0.39, 0.29) is 11.9 Å². The van der Waals surface area contributed by atoms with Crippen molar-refractivity contribution in [2.75, 3.05) is 66.0 Å². The van der Waals surface area contributed by atoms with Crippen LogP contribution in [0.2, 0.25) is 0 Å². The molecule has 0 radical (unpaired) electrons. The van der Waals surface area contributed by atoms with Gasteiger partial charge in [-0.25, -0.2) is 0 Å². The predicted octanol–water partition coefficient (Wildman–Crippen LogP) is 0.863. The molecule has 0 aromatic heterocycles. The Balaban J connectivity index is 1.73. The lowest BCUT2D eigenvalue weighted by Gasteiger charge is -2.38. The van der Waals surface area contributed by atoms with Gasteiger partial charge in [-0.1, -0.05) is 6.92 Å². The Hall–Kier alpha value is -1.34. The molecule has 0 bridgehead atoms. The molecule has 2 heterocycles. The summed E-state index contributed by atoms with van der Waals surface area (Å²) in [6, 6.07) is 0.489. The van der Waals surface area contributed by atoms with Crippen molar-refractivity contribution >= 4 is 11.9 Å². The highest BCUT2D eigenvalue weighted by Crippen LogP contribution is 2.18. The van der Waals surface area contributed by atoms with Gasteiger partial charge in [0, 0.05) is 58.9 Å². The van der Waals surface area contributed by atoms with Crippen molar-refractivity contribution in [2.24, 2.45) is 10.9 Å². The van der Waals surface area contributed by atoms with Gasteiger partial charge in [0.1, 0.15) is 0 Å². The summed E-state index contributed by atoms with van der Waals surface area (Å²) in [6.07, 6.45) is 1.68. The molecular weight excluding hydrogens is 330 g/mol. The average Bonchev–Trinajstić information content (AvgIpc) is 2.69. The van der Waals surface area contributed by atoms with E-state index in [1.807, 2.05) is 14.0 Å². The van der Waals surface area contributed by atoms with Crippen LogP contribution in [0.3, 0.4) is 0 Å². The first-order chi connectivity index (χ1) is 12.6. The minimum Gasteiger partial charge on any atom is -0.466 e. The number of ether oxygens (including phenoxy) is 1. The molecule has 150 valence electrons. The minimum atomic E-state index is -0.0464. The number of guanidine groups is 1. The smallest absolute Gasteiger partial charge is 0.309 e. The van der Waals surface area contributed by atoms with Gasteiger partial charge in [-0.2, -0.15) is 0 Å². The van der Waals surface area contributed by atoms with E-state index in [2.05, 4.69) is 38.9 Å². The lowest BCUT2D eigenvalue weighted by atomic mass is 9.97. The summed E-state index contributed by atoms with van der Waals surface area (Å²) in [5.41, 5.74) is 0. The van der Waals surface area contributed by atoms with Gasteiger partial charge in [0.2, 0.25) is 0 Å². The van der Waals surface area contributed by atoms with Crippen LogP contribution in [0.15, 0.2) is 4.99 Å². The highest BCUT2D eigenvalue weighted by Gasteiger charge is 2.28. The van der Waals surface area contributed by atoms with Gasteiger partial charge in [-0.05, 0) is 33.2 Å². The van der Waals surface area contributed by atoms with Crippen molar-refractivity contribution in [3.8, 4) is 0 Å². The average molecular weight is 368 g/mol. The number of nitrogens with zero attached hydrogens (tertiary/aromatic N) is 4. The number of hydrogen-bond donors (Lipinski definition) is 1. The molecule has 2 rings (SSSR count). The topological polar surface area (TPSA) is 60.4 Å². The Kier molecular flexibility index (Phi) is 8.65. The third-order valence-electron chi connectivity index (χ3n) is 5.66. The van der Waals surface area contributed by atoms with Gasteiger partial charge < -0.3 is 19.9 Å². The van der Waals surface area contributed by atoms with E-state index in [4.69, 9.17) is 4.74 Å². The Labute approximate surface area is 158 Å². The molecule has 0 spiro atoms. The number of esters is 1. The Morgan fingerprint density at radius 1 is 1.15 bits per heavy atom. The molecule has 0 aromatic rings. The summed E-state index contributed by atoms with van der Waals surface area (Å²) in [4.78, 5) is 23.7. The number of carbonyl (C=O) groups is 1. The third kappa shape index (κ3) is 5.84. The molecule has 2 aliphatic heterocycles. The van der Waals surface area contributed by atoms with Gasteiger partial charge in [0.15, 0.2) is 5.96 Å². The first kappa shape index (κ1) is 21.0. The maximum Gasteiger partial charge on any atom is 0.309 e. The molecule has 0 aromatic carbocycles. The summed E-state index contributed by atoms with van der Waals surface area (Å²) in [5.74, 6) is 0.944. The van der Waals surface area contributed by atoms with Crippen LogP contribution in [0.4, 0.5) is 0 Å². The van der Waals surface area contributed by atoms with Crippen molar-refractivity contribution in [3.05, 3.63) is 0 Å². The van der Waals surface area contributed by atoms with E-state index in [1.54, 1.807) is 0 Å². The van der Waals surface area contributed by atoms with Crippen molar-refractivity contribution < 1.29 is 9.53 Å². The third-order valence-corrected chi connectivity index (χ3v) is 5.66. The van der Waals surface area contributed by atoms with Crippen LogP contribution in [0.5, 0.6) is 0 Å². The molecule has 26 heavy (non-hydrogen) atoms. The molecule has 7 nitrogen and oxygen atoms in total. The Morgan fingerprint density at radius 3 is 2.35 bits per heavy atom. The van der Waals surface area contributed by atoms with Crippen LogP contribution >= 0.6 is 0 Å². The second-order valence-corrected chi connectivity index (χ2v) is 7.26. The fourth-order valence-electron chi connectivity index (χ4n) is 3.81. The van der Waals surface area contributed by atoms with Gasteiger partial charge in [0.05, 0.1) is 12.5 Å². The Morgan fingerprint density at radius 2 is 1.81 bits per heavy atom. The summed E-state index contributed by atoms with van der Waals surface area (Å²) in [6.45, 7) is 15.2. The van der Waals surface area contributed by atoms with Crippen LogP contribution in [0.25, 0.3) is 0 Å². The highest BCUT2D eigenvalue weighted by molar-refractivity contribution is 5.80. The van der Waals surface area contributed by atoms with E-state index in [0.717, 1.165) is 71.2 Å². The number of aliphatic imine (C=N–C) groups is 1. The molecule has 2 fully saturated rings. The fourth-order valence-corrected chi connectivity index (χ4v) is 3.81. The monoisotopic (exact) mass is 367 g/mol. The van der Waals surface area contributed by atoms with Crippen LogP contribution < -0.4 is 5.32 Å². The van der Waals surface area contributed by atoms with Crippen molar-refractivity contribution in [1.29, 1.82) is 0 Å². The normalized spacial score (nSPS) is 22.3. The van der Waals surface area contributed by atoms with Crippen LogP contribution in [0, 0.1) is 5.92 Å². The number of hydrogen-bond acceptors (Lipinski definition) is 5. The first-order valence-electron chi connectivity index (χ1n) is 10.2. The number of likely N-dealkylation sites (N-methyl/N-ethyl adjacent to an activating group) is 1. The van der Waals surface area contributed by atoms with E-state index in [1.165, 1.54) is 0 Å². The summed E-state index contributed by atoms with van der Waals surface area (Å²) in [7, 11) is 1.84. The number of likely N-dealkylation sites (tertiary alicyclic amines) is 1. The van der Waals surface area contributed by atoms with Crippen molar-refractivity contribution in [3.63, 3.8) is 0 Å². The molecule has 2 saturated heterocycles. The van der Waals surface area contributed by atoms with Gasteiger partial charge in [-0.15, -0.1) is 0 Å². The van der Waals surface area contributed by atoms with Crippen LogP contribution in [0.1, 0.15) is 33.6 Å². The number of carbonyl (C=O) groups excluding carboxylic acids is 1. The zero-order chi connectivity index (χ0) is 18.9. The summed E-state index contributed by atoms with van der Waals surface area (Å²) < 4.78 is 5.15. The number of piperidine rings is 1. The second kappa shape index (κ2) is 10.7. The van der Waals surface area contributed by atoms with E-state index in [9.17, 15) is 4.79 Å². The molecule has 1 atom stereocenters. The summed E-state index contributed by atoms with van der Waals surface area (Å²) in [5, 5.41) is 3.54. The van der Waals surface area contributed by atoms with Gasteiger partial charge >= 0.3 is 5.97 Å².